The number of hydrogen-bond donors (Lipinski definition) is 3. The van der Waals surface area contributed by atoms with Gasteiger partial charge >= 0.3 is 19.4 Å². The van der Waals surface area contributed by atoms with Crippen LogP contribution < -0.4 is 20.9 Å². The number of carbonyl (C=O) groups excluding carboxylic acids is 1. The van der Waals surface area contributed by atoms with Gasteiger partial charge < -0.3 is 19.1 Å². The molecule has 3 N–H and O–H groups in total. The summed E-state index contributed by atoms with van der Waals surface area (Å²) in [6.07, 6.45) is -2.12. The van der Waals surface area contributed by atoms with Crippen LogP contribution in [0, 0.1) is 0 Å². The van der Waals surface area contributed by atoms with Gasteiger partial charge in [0.1, 0.15) is 24.1 Å². The van der Waals surface area contributed by atoms with Crippen molar-refractivity contribution in [1.82, 2.24) is 14.6 Å². The monoisotopic (exact) mass is 588 g/mol. The number of carbonyl (C=O) groups is 1. The van der Waals surface area contributed by atoms with Gasteiger partial charge in [0.15, 0.2) is 0 Å². The Balaban J connectivity index is 2.31. The summed E-state index contributed by atoms with van der Waals surface area (Å²) in [5.41, 5.74) is 7.22. The Hall–Kier alpha value is -3.16. The molecule has 2 unspecified atom stereocenters. The molecule has 0 spiro atoms. The molecule has 0 bridgehead atoms. The van der Waals surface area contributed by atoms with Gasteiger partial charge in [-0.25, -0.2) is 9.36 Å². The van der Waals surface area contributed by atoms with Gasteiger partial charge in [-0.15, -0.1) is 0 Å². The van der Waals surface area contributed by atoms with Crippen molar-refractivity contribution in [2.24, 2.45) is 5.11 Å². The number of halogens is 1. The van der Waals surface area contributed by atoms with Crippen LogP contribution in [0.3, 0.4) is 0 Å². The molecule has 2 rings (SSSR count). The molecule has 0 fully saturated rings. The fraction of sp³-hybridized carbons (Fsp3) is 0.500. The SMILES string of the molecule is CCCOC(=O)[C@H](C)NP(=O)(OC[C@@H](O[C@@H](CN=[N+]=[N-])n1ccc(=O)[nH]c1=O)C(C)O)Oc1ccccc1Cl. The van der Waals surface area contributed by atoms with Crippen molar-refractivity contribution >= 4 is 25.3 Å². The Morgan fingerprint density at radius 2 is 2.03 bits per heavy atom. The third-order valence-electron chi connectivity index (χ3n) is 4.95. The summed E-state index contributed by atoms with van der Waals surface area (Å²) in [7, 11) is -4.38. The molecule has 0 saturated heterocycles. The summed E-state index contributed by atoms with van der Waals surface area (Å²) in [5, 5.41) is 16.3. The predicted molar refractivity (Wildman–Crippen MR) is 140 cm³/mol. The lowest BCUT2D eigenvalue weighted by Crippen LogP contribution is -2.40. The molecular formula is C22H30ClN6O9P. The number of hydrogen-bond acceptors (Lipinski definition) is 10. The Bertz CT molecular complexity index is 1310. The first-order valence-electron chi connectivity index (χ1n) is 11.8. The Morgan fingerprint density at radius 3 is 2.64 bits per heavy atom. The number of ether oxygens (including phenoxy) is 2. The van der Waals surface area contributed by atoms with E-state index in [0.717, 1.165) is 16.8 Å². The summed E-state index contributed by atoms with van der Waals surface area (Å²) in [4.78, 5) is 40.7. The number of esters is 1. The van der Waals surface area contributed by atoms with E-state index in [1.807, 2.05) is 11.9 Å². The lowest BCUT2D eigenvalue weighted by atomic mass is 10.2. The molecule has 0 aliphatic rings. The molecule has 0 aliphatic heterocycles. The van der Waals surface area contributed by atoms with E-state index in [1.54, 1.807) is 12.1 Å². The quantitative estimate of drug-likeness (QED) is 0.0858. The molecule has 0 radical (unpaired) electrons. The number of aromatic nitrogens is 2. The summed E-state index contributed by atoms with van der Waals surface area (Å²) in [6.45, 7) is 3.70. The van der Waals surface area contributed by atoms with Crippen LogP contribution in [-0.2, 0) is 23.4 Å². The van der Waals surface area contributed by atoms with E-state index in [2.05, 4.69) is 15.1 Å². The first-order chi connectivity index (χ1) is 18.5. The van der Waals surface area contributed by atoms with E-state index in [1.165, 1.54) is 26.0 Å². The number of benzene rings is 1. The maximum absolute atomic E-state index is 13.7. The lowest BCUT2D eigenvalue weighted by Gasteiger charge is -2.29. The number of aromatic amines is 1. The van der Waals surface area contributed by atoms with E-state index in [4.69, 9.17) is 35.7 Å². The normalized spacial score (nSPS) is 15.7. The second-order valence-corrected chi connectivity index (χ2v) is 10.2. The maximum atomic E-state index is 13.7. The fourth-order valence-corrected chi connectivity index (χ4v) is 4.73. The van der Waals surface area contributed by atoms with Gasteiger partial charge in [0.05, 0.1) is 30.9 Å². The summed E-state index contributed by atoms with van der Waals surface area (Å²) >= 11 is 6.14. The van der Waals surface area contributed by atoms with E-state index in [-0.39, 0.29) is 17.4 Å². The zero-order valence-corrected chi connectivity index (χ0v) is 23.1. The minimum absolute atomic E-state index is 0.0142. The smallest absolute Gasteiger partial charge is 0.459 e. The van der Waals surface area contributed by atoms with E-state index in [0.29, 0.717) is 6.42 Å². The van der Waals surface area contributed by atoms with Crippen molar-refractivity contribution in [3.05, 3.63) is 72.8 Å². The Labute approximate surface area is 228 Å². The molecule has 39 heavy (non-hydrogen) atoms. The molecule has 5 atom stereocenters. The average Bonchev–Trinajstić information content (AvgIpc) is 2.88. The Kier molecular flexibility index (Phi) is 12.7. The van der Waals surface area contributed by atoms with Crippen molar-refractivity contribution < 1.29 is 33.0 Å². The van der Waals surface area contributed by atoms with Crippen LogP contribution in [0.4, 0.5) is 0 Å². The van der Waals surface area contributed by atoms with Crippen molar-refractivity contribution in [1.29, 1.82) is 0 Å². The van der Waals surface area contributed by atoms with Crippen LogP contribution in [-0.4, -0.2) is 58.6 Å². The van der Waals surface area contributed by atoms with Gasteiger partial charge in [-0.05, 0) is 37.9 Å². The van der Waals surface area contributed by atoms with Crippen LogP contribution in [0.1, 0.15) is 33.4 Å². The zero-order chi connectivity index (χ0) is 29.0. The highest BCUT2D eigenvalue weighted by Crippen LogP contribution is 2.47. The van der Waals surface area contributed by atoms with Crippen molar-refractivity contribution in [2.45, 2.75) is 51.7 Å². The number of nitrogens with zero attached hydrogens (tertiary/aromatic N) is 4. The van der Waals surface area contributed by atoms with Crippen LogP contribution in [0.25, 0.3) is 10.4 Å². The van der Waals surface area contributed by atoms with Gasteiger partial charge in [0.2, 0.25) is 0 Å². The highest BCUT2D eigenvalue weighted by Gasteiger charge is 2.35. The highest BCUT2D eigenvalue weighted by atomic mass is 35.5. The first-order valence-corrected chi connectivity index (χ1v) is 13.7. The third kappa shape index (κ3) is 10.2. The van der Waals surface area contributed by atoms with Crippen molar-refractivity contribution in [3.63, 3.8) is 0 Å². The van der Waals surface area contributed by atoms with Crippen LogP contribution in [0.15, 0.2) is 51.2 Å². The molecule has 1 aromatic carbocycles. The van der Waals surface area contributed by atoms with E-state index >= 15 is 0 Å². The molecule has 2 aromatic rings. The number of aliphatic hydroxyl groups is 1. The molecule has 0 amide bonds. The second-order valence-electron chi connectivity index (χ2n) is 8.13. The molecule has 17 heteroatoms. The van der Waals surface area contributed by atoms with Gasteiger partial charge in [-0.3, -0.25) is 23.7 Å². The molecule has 15 nitrogen and oxygen atoms in total. The topological polar surface area (TPSA) is 207 Å². The third-order valence-corrected chi connectivity index (χ3v) is 6.89. The predicted octanol–water partition coefficient (Wildman–Crippen LogP) is 2.90. The molecule has 1 aromatic heterocycles. The van der Waals surface area contributed by atoms with Gasteiger partial charge in [-0.1, -0.05) is 35.8 Å². The number of para-hydroxylation sites is 1. The maximum Gasteiger partial charge on any atom is 0.459 e. The van der Waals surface area contributed by atoms with Gasteiger partial charge in [-0.2, -0.15) is 5.09 Å². The molecular weight excluding hydrogens is 559 g/mol. The summed E-state index contributed by atoms with van der Waals surface area (Å²) in [6, 6.07) is 6.04. The number of nitrogens with one attached hydrogen (secondary N) is 2. The number of rotatable bonds is 16. The van der Waals surface area contributed by atoms with Gasteiger partial charge in [0.25, 0.3) is 5.56 Å². The van der Waals surface area contributed by atoms with Crippen LogP contribution >= 0.6 is 19.3 Å². The van der Waals surface area contributed by atoms with Crippen molar-refractivity contribution in [2.75, 3.05) is 19.8 Å². The van der Waals surface area contributed by atoms with Crippen LogP contribution in [0.2, 0.25) is 5.02 Å². The Morgan fingerprint density at radius 1 is 1.31 bits per heavy atom. The van der Waals surface area contributed by atoms with E-state index in [9.17, 15) is 24.1 Å². The minimum atomic E-state index is -4.38. The lowest BCUT2D eigenvalue weighted by molar-refractivity contribution is -0.145. The first kappa shape index (κ1) is 32.1. The van der Waals surface area contributed by atoms with Crippen molar-refractivity contribution in [3.8, 4) is 5.75 Å². The van der Waals surface area contributed by atoms with Crippen LogP contribution in [0.5, 0.6) is 5.75 Å². The molecule has 214 valence electrons. The molecule has 1 heterocycles. The number of aliphatic hydroxyl groups excluding tert-OH is 1. The highest BCUT2D eigenvalue weighted by molar-refractivity contribution is 7.52. The van der Waals surface area contributed by atoms with E-state index < -0.39 is 62.6 Å². The number of azide groups is 1. The van der Waals surface area contributed by atoms with Gasteiger partial charge in [0, 0.05) is 17.2 Å². The molecule has 0 saturated carbocycles. The standard InChI is InChI=1S/C22H30ClN6O9P/c1-4-11-35-21(32)14(2)27-39(34,38-17-8-6-5-7-16(17)23)36-13-18(15(3)30)37-20(12-25-28-24)29-10-9-19(31)26-22(29)33/h5-10,14-15,18,20,30H,4,11-13H2,1-3H3,(H,27,34)(H,26,31,33)/t14-,15?,18+,20-,39?/m0/s1. The number of H-pyrrole nitrogens is 1. The zero-order valence-electron chi connectivity index (χ0n) is 21.4. The summed E-state index contributed by atoms with van der Waals surface area (Å²) < 4.78 is 36.6. The fourth-order valence-electron chi connectivity index (χ4n) is 2.98. The average molecular weight is 589 g/mol. The minimum Gasteiger partial charge on any atom is -0.465 e. The second kappa shape index (κ2) is 15.4. The molecule has 0 aliphatic carbocycles. The summed E-state index contributed by atoms with van der Waals surface area (Å²) in [5.74, 6) is -0.724. The largest absolute Gasteiger partial charge is 0.465 e.